The van der Waals surface area contributed by atoms with Crippen molar-refractivity contribution in [2.45, 2.75) is 51.0 Å². The summed E-state index contributed by atoms with van der Waals surface area (Å²) in [7, 11) is -2.07. The molecule has 1 atom stereocenters. The smallest absolute Gasteiger partial charge is 0.243 e. The Bertz CT molecular complexity index is 1080. The van der Waals surface area contributed by atoms with E-state index in [1.165, 1.54) is 9.87 Å². The molecule has 0 saturated carbocycles. The average Bonchev–Trinajstić information content (AvgIpc) is 2.82. The highest BCUT2D eigenvalue weighted by Gasteiger charge is 2.27. The topological polar surface area (TPSA) is 84.9 Å². The van der Waals surface area contributed by atoms with Gasteiger partial charge in [0, 0.05) is 19.5 Å². The van der Waals surface area contributed by atoms with E-state index in [0.717, 1.165) is 17.5 Å². The van der Waals surface area contributed by atoms with Gasteiger partial charge in [0.05, 0.1) is 31.3 Å². The number of aryl methyl sites for hydroxylation is 3. The summed E-state index contributed by atoms with van der Waals surface area (Å²) in [5.74, 6) is 0.496. The van der Waals surface area contributed by atoms with Gasteiger partial charge in [0.25, 0.3) is 0 Å². The molecular formula is C25H34N2O5S. The number of sulfonamides is 1. The molecule has 0 bridgehead atoms. The third-order valence-electron chi connectivity index (χ3n) is 6.03. The van der Waals surface area contributed by atoms with Crippen LogP contribution in [0.3, 0.4) is 0 Å². The molecule has 1 amide bonds. The van der Waals surface area contributed by atoms with Crippen molar-refractivity contribution >= 4 is 15.9 Å². The summed E-state index contributed by atoms with van der Waals surface area (Å²) in [6.45, 7) is 7.61. The first-order chi connectivity index (χ1) is 15.8. The normalized spacial score (nSPS) is 15.8. The molecule has 8 heteroatoms. The van der Waals surface area contributed by atoms with Gasteiger partial charge in [0.2, 0.25) is 15.9 Å². The molecule has 33 heavy (non-hydrogen) atoms. The summed E-state index contributed by atoms with van der Waals surface area (Å²) >= 11 is 0. The fraction of sp³-hybridized carbons (Fsp3) is 0.480. The number of ether oxygens (including phenoxy) is 2. The van der Waals surface area contributed by atoms with Gasteiger partial charge >= 0.3 is 0 Å². The highest BCUT2D eigenvalue weighted by Crippen LogP contribution is 2.27. The first-order valence-corrected chi connectivity index (χ1v) is 12.8. The summed E-state index contributed by atoms with van der Waals surface area (Å²) in [5, 5.41) is 3.13. The van der Waals surface area contributed by atoms with E-state index in [-0.39, 0.29) is 23.3 Å². The molecule has 180 valence electrons. The molecule has 1 aliphatic heterocycles. The van der Waals surface area contributed by atoms with Crippen molar-refractivity contribution in [3.8, 4) is 5.75 Å². The number of amides is 1. The Kier molecular flexibility index (Phi) is 8.51. The predicted octanol–water partition coefficient (Wildman–Crippen LogP) is 3.53. The van der Waals surface area contributed by atoms with Gasteiger partial charge in [-0.25, -0.2) is 8.42 Å². The molecular weight excluding hydrogens is 440 g/mol. The Morgan fingerprint density at radius 3 is 2.52 bits per heavy atom. The van der Waals surface area contributed by atoms with Gasteiger partial charge in [-0.2, -0.15) is 4.31 Å². The van der Waals surface area contributed by atoms with E-state index in [2.05, 4.69) is 37.4 Å². The Morgan fingerprint density at radius 1 is 1.15 bits per heavy atom. The fourth-order valence-corrected chi connectivity index (χ4v) is 5.64. The van der Waals surface area contributed by atoms with Crippen LogP contribution in [0.25, 0.3) is 0 Å². The van der Waals surface area contributed by atoms with Gasteiger partial charge in [0.15, 0.2) is 0 Å². The molecule has 1 N–H and O–H groups in total. The van der Waals surface area contributed by atoms with Crippen molar-refractivity contribution in [2.75, 3.05) is 33.4 Å². The second-order valence-corrected chi connectivity index (χ2v) is 10.3. The van der Waals surface area contributed by atoms with Gasteiger partial charge in [0.1, 0.15) is 5.75 Å². The zero-order chi connectivity index (χ0) is 24.0. The van der Waals surface area contributed by atoms with Gasteiger partial charge in [-0.1, -0.05) is 30.7 Å². The molecule has 2 aromatic carbocycles. The van der Waals surface area contributed by atoms with Crippen LogP contribution in [-0.4, -0.2) is 52.0 Å². The Hall–Kier alpha value is -2.42. The molecule has 3 rings (SSSR count). The Morgan fingerprint density at radius 2 is 1.88 bits per heavy atom. The minimum absolute atomic E-state index is 0.0620. The van der Waals surface area contributed by atoms with Crippen LogP contribution in [0.2, 0.25) is 0 Å². The Labute approximate surface area is 197 Å². The highest BCUT2D eigenvalue weighted by molar-refractivity contribution is 7.89. The van der Waals surface area contributed by atoms with Gasteiger partial charge < -0.3 is 14.8 Å². The summed E-state index contributed by atoms with van der Waals surface area (Å²) < 4.78 is 38.2. The molecule has 0 spiro atoms. The summed E-state index contributed by atoms with van der Waals surface area (Å²) in [6, 6.07) is 11.0. The lowest BCUT2D eigenvalue weighted by Crippen LogP contribution is -2.40. The maximum Gasteiger partial charge on any atom is 0.243 e. The van der Waals surface area contributed by atoms with Crippen molar-refractivity contribution in [2.24, 2.45) is 0 Å². The van der Waals surface area contributed by atoms with E-state index in [1.807, 2.05) is 6.92 Å². The monoisotopic (exact) mass is 474 g/mol. The molecule has 2 aromatic rings. The SMILES string of the molecule is CC[C@@H](NC(=O)CCc1cc(S(=O)(=O)N2CCOCC2)ccc1OC)c1ccc(C)cc1C. The predicted molar refractivity (Wildman–Crippen MR) is 128 cm³/mol. The van der Waals surface area contributed by atoms with Gasteiger partial charge in [-0.05, 0) is 61.6 Å². The molecule has 0 aromatic heterocycles. The van der Waals surface area contributed by atoms with Crippen LogP contribution in [0.15, 0.2) is 41.3 Å². The van der Waals surface area contributed by atoms with Gasteiger partial charge in [-0.3, -0.25) is 4.79 Å². The van der Waals surface area contributed by atoms with Crippen LogP contribution in [0, 0.1) is 13.8 Å². The number of benzene rings is 2. The number of nitrogens with zero attached hydrogens (tertiary/aromatic N) is 1. The lowest BCUT2D eigenvalue weighted by Gasteiger charge is -2.26. The average molecular weight is 475 g/mol. The van der Waals surface area contributed by atoms with E-state index in [1.54, 1.807) is 25.3 Å². The molecule has 7 nitrogen and oxygen atoms in total. The van der Waals surface area contributed by atoms with Crippen molar-refractivity contribution in [1.82, 2.24) is 9.62 Å². The fourth-order valence-electron chi connectivity index (χ4n) is 4.18. The minimum atomic E-state index is -3.62. The van der Waals surface area contributed by atoms with E-state index in [0.29, 0.717) is 44.0 Å². The quantitative estimate of drug-likeness (QED) is 0.601. The molecule has 1 saturated heterocycles. The maximum atomic E-state index is 13.0. The number of hydrogen-bond acceptors (Lipinski definition) is 5. The number of carbonyl (C=O) groups excluding carboxylic acids is 1. The lowest BCUT2D eigenvalue weighted by atomic mass is 9.97. The van der Waals surface area contributed by atoms with Crippen molar-refractivity contribution in [3.05, 3.63) is 58.7 Å². The van der Waals surface area contributed by atoms with E-state index in [9.17, 15) is 13.2 Å². The van der Waals surface area contributed by atoms with Crippen LogP contribution in [-0.2, 0) is 26.0 Å². The number of methoxy groups -OCH3 is 1. The first-order valence-electron chi connectivity index (χ1n) is 11.4. The zero-order valence-electron chi connectivity index (χ0n) is 19.9. The van der Waals surface area contributed by atoms with E-state index in [4.69, 9.17) is 9.47 Å². The lowest BCUT2D eigenvalue weighted by molar-refractivity contribution is -0.121. The van der Waals surface area contributed by atoms with Crippen molar-refractivity contribution in [3.63, 3.8) is 0 Å². The molecule has 1 aliphatic rings. The minimum Gasteiger partial charge on any atom is -0.496 e. The molecule has 0 radical (unpaired) electrons. The summed E-state index contributed by atoms with van der Waals surface area (Å²) in [4.78, 5) is 13.0. The van der Waals surface area contributed by atoms with E-state index >= 15 is 0 Å². The highest BCUT2D eigenvalue weighted by atomic mass is 32.2. The van der Waals surface area contributed by atoms with E-state index < -0.39 is 10.0 Å². The Balaban J connectivity index is 1.71. The van der Waals surface area contributed by atoms with Crippen LogP contribution >= 0.6 is 0 Å². The number of nitrogens with one attached hydrogen (secondary N) is 1. The van der Waals surface area contributed by atoms with Crippen LogP contribution in [0.1, 0.15) is 48.1 Å². The zero-order valence-corrected chi connectivity index (χ0v) is 20.7. The molecule has 1 heterocycles. The molecule has 0 unspecified atom stereocenters. The summed E-state index contributed by atoms with van der Waals surface area (Å²) in [6.07, 6.45) is 1.40. The third-order valence-corrected chi connectivity index (χ3v) is 7.92. The van der Waals surface area contributed by atoms with Crippen LogP contribution in [0.4, 0.5) is 0 Å². The second-order valence-electron chi connectivity index (χ2n) is 8.38. The van der Waals surface area contributed by atoms with Gasteiger partial charge in [-0.15, -0.1) is 0 Å². The standard InChI is InChI=1S/C25H34N2O5S/c1-5-23(22-9-6-18(2)16-19(22)3)26-25(28)11-7-20-17-21(8-10-24(20)31-4)33(29,30)27-12-14-32-15-13-27/h6,8-10,16-17,23H,5,7,11-15H2,1-4H3,(H,26,28)/t23-/m1/s1. The maximum absolute atomic E-state index is 13.0. The number of hydrogen-bond donors (Lipinski definition) is 1. The first kappa shape index (κ1) is 25.2. The number of morpholine rings is 1. The molecule has 1 fully saturated rings. The number of rotatable bonds is 9. The van der Waals surface area contributed by atoms with Crippen LogP contribution in [0.5, 0.6) is 5.75 Å². The second kappa shape index (κ2) is 11.1. The van der Waals surface area contributed by atoms with Crippen molar-refractivity contribution < 1.29 is 22.7 Å². The number of carbonyl (C=O) groups is 1. The molecule has 0 aliphatic carbocycles. The largest absolute Gasteiger partial charge is 0.496 e. The van der Waals surface area contributed by atoms with Crippen molar-refractivity contribution in [1.29, 1.82) is 0 Å². The third kappa shape index (κ3) is 6.13. The summed E-state index contributed by atoms with van der Waals surface area (Å²) in [5.41, 5.74) is 4.16. The van der Waals surface area contributed by atoms with Crippen LogP contribution < -0.4 is 10.1 Å².